The summed E-state index contributed by atoms with van der Waals surface area (Å²) in [4.78, 5) is 25.7. The second kappa shape index (κ2) is 11.1. The van der Waals surface area contributed by atoms with Crippen LogP contribution in [0.25, 0.3) is 0 Å². The molecule has 2 amide bonds. The SMILES string of the molecule is CS(=O)(=O)NC1(CNC(=O)C[C@@H](NC(=O)c2ccccc2Cl)c2ccccc2)CCCCC1. The van der Waals surface area contributed by atoms with Crippen molar-refractivity contribution >= 4 is 33.4 Å². The molecule has 1 atom stereocenters. The van der Waals surface area contributed by atoms with Crippen molar-refractivity contribution in [3.63, 3.8) is 0 Å². The molecule has 0 unspecified atom stereocenters. The highest BCUT2D eigenvalue weighted by molar-refractivity contribution is 7.88. The molecule has 7 nitrogen and oxygen atoms in total. The van der Waals surface area contributed by atoms with E-state index in [2.05, 4.69) is 15.4 Å². The summed E-state index contributed by atoms with van der Waals surface area (Å²) >= 11 is 6.16. The fourth-order valence-corrected chi connectivity index (χ4v) is 5.57. The number of carbonyl (C=O) groups excluding carboxylic acids is 2. The fraction of sp³-hybridized carbons (Fsp3) is 0.417. The molecular formula is C24H30ClN3O4S. The number of carbonyl (C=O) groups is 2. The van der Waals surface area contributed by atoms with E-state index in [9.17, 15) is 18.0 Å². The Balaban J connectivity index is 1.71. The monoisotopic (exact) mass is 491 g/mol. The van der Waals surface area contributed by atoms with Gasteiger partial charge < -0.3 is 10.6 Å². The first-order chi connectivity index (χ1) is 15.7. The number of halogens is 1. The maximum absolute atomic E-state index is 12.9. The minimum Gasteiger partial charge on any atom is -0.354 e. The Kier molecular flexibility index (Phi) is 8.51. The van der Waals surface area contributed by atoms with Crippen molar-refractivity contribution in [1.82, 2.24) is 15.4 Å². The summed E-state index contributed by atoms with van der Waals surface area (Å²) in [5.41, 5.74) is 0.443. The van der Waals surface area contributed by atoms with Crippen molar-refractivity contribution in [3.8, 4) is 0 Å². The van der Waals surface area contributed by atoms with E-state index in [0.717, 1.165) is 31.1 Å². The van der Waals surface area contributed by atoms with Gasteiger partial charge in [0.25, 0.3) is 5.91 Å². The van der Waals surface area contributed by atoms with Gasteiger partial charge in [0.1, 0.15) is 0 Å². The summed E-state index contributed by atoms with van der Waals surface area (Å²) in [6.45, 7) is 0.207. The Morgan fingerprint density at radius 2 is 1.64 bits per heavy atom. The summed E-state index contributed by atoms with van der Waals surface area (Å²) in [5, 5.41) is 6.14. The molecule has 0 aliphatic heterocycles. The van der Waals surface area contributed by atoms with E-state index in [1.54, 1.807) is 24.3 Å². The third kappa shape index (κ3) is 7.55. The highest BCUT2D eigenvalue weighted by Crippen LogP contribution is 2.28. The Labute approximate surface area is 200 Å². The summed E-state index contributed by atoms with van der Waals surface area (Å²) < 4.78 is 26.6. The van der Waals surface area contributed by atoms with E-state index in [4.69, 9.17) is 11.6 Å². The number of sulfonamides is 1. The van der Waals surface area contributed by atoms with Gasteiger partial charge in [-0.25, -0.2) is 13.1 Å². The predicted molar refractivity (Wildman–Crippen MR) is 130 cm³/mol. The molecule has 178 valence electrons. The van der Waals surface area contributed by atoms with Crippen LogP contribution in [0.3, 0.4) is 0 Å². The van der Waals surface area contributed by atoms with Crippen LogP contribution in [0.5, 0.6) is 0 Å². The quantitative estimate of drug-likeness (QED) is 0.498. The number of nitrogens with one attached hydrogen (secondary N) is 3. The molecule has 0 heterocycles. The summed E-state index contributed by atoms with van der Waals surface area (Å²) in [6.07, 6.45) is 5.34. The molecule has 3 N–H and O–H groups in total. The standard InChI is InChI=1S/C24H30ClN3O4S/c1-33(31,32)28-24(14-8-3-9-15-24)17-26-22(29)16-21(18-10-4-2-5-11-18)27-23(30)19-12-6-7-13-20(19)25/h2,4-7,10-13,21,28H,3,8-9,14-17H2,1H3,(H,26,29)(H,27,30)/t21-/m1/s1. The summed E-state index contributed by atoms with van der Waals surface area (Å²) in [6, 6.07) is 15.4. The smallest absolute Gasteiger partial charge is 0.253 e. The predicted octanol–water partition coefficient (Wildman–Crippen LogP) is 3.57. The number of benzene rings is 2. The number of hydrogen-bond donors (Lipinski definition) is 3. The van der Waals surface area contributed by atoms with Gasteiger partial charge in [0.15, 0.2) is 0 Å². The van der Waals surface area contributed by atoms with E-state index < -0.39 is 21.6 Å². The zero-order valence-corrected chi connectivity index (χ0v) is 20.2. The lowest BCUT2D eigenvalue weighted by atomic mass is 9.82. The molecule has 0 aromatic heterocycles. The van der Waals surface area contributed by atoms with Crippen molar-refractivity contribution in [2.24, 2.45) is 0 Å². The van der Waals surface area contributed by atoms with Gasteiger partial charge in [-0.3, -0.25) is 9.59 Å². The van der Waals surface area contributed by atoms with Gasteiger partial charge in [-0.2, -0.15) is 0 Å². The maximum atomic E-state index is 12.9. The van der Waals surface area contributed by atoms with Crippen LogP contribution in [0.1, 0.15) is 60.5 Å². The van der Waals surface area contributed by atoms with Gasteiger partial charge in [-0.05, 0) is 30.5 Å². The molecular weight excluding hydrogens is 462 g/mol. The maximum Gasteiger partial charge on any atom is 0.253 e. The fourth-order valence-electron chi connectivity index (χ4n) is 4.28. The third-order valence-corrected chi connectivity index (χ3v) is 6.99. The second-order valence-electron chi connectivity index (χ2n) is 8.61. The minimum absolute atomic E-state index is 0.00909. The molecule has 2 aromatic rings. The van der Waals surface area contributed by atoms with Gasteiger partial charge >= 0.3 is 0 Å². The van der Waals surface area contributed by atoms with E-state index in [1.807, 2.05) is 30.3 Å². The zero-order valence-electron chi connectivity index (χ0n) is 18.6. The zero-order chi connectivity index (χ0) is 23.9. The van der Waals surface area contributed by atoms with E-state index >= 15 is 0 Å². The van der Waals surface area contributed by atoms with Crippen LogP contribution in [-0.4, -0.2) is 38.6 Å². The molecule has 9 heteroatoms. The largest absolute Gasteiger partial charge is 0.354 e. The van der Waals surface area contributed by atoms with Gasteiger partial charge in [0, 0.05) is 6.54 Å². The van der Waals surface area contributed by atoms with Gasteiger partial charge in [0.2, 0.25) is 15.9 Å². The second-order valence-corrected chi connectivity index (χ2v) is 10.8. The van der Waals surface area contributed by atoms with Crippen LogP contribution in [-0.2, 0) is 14.8 Å². The average molecular weight is 492 g/mol. The topological polar surface area (TPSA) is 104 Å². The molecule has 1 aliphatic rings. The van der Waals surface area contributed by atoms with Crippen molar-refractivity contribution in [2.75, 3.05) is 12.8 Å². The van der Waals surface area contributed by atoms with Gasteiger partial charge in [0.05, 0.1) is 34.8 Å². The molecule has 2 aromatic carbocycles. The Morgan fingerprint density at radius 3 is 2.27 bits per heavy atom. The van der Waals surface area contributed by atoms with E-state index in [0.29, 0.717) is 23.4 Å². The average Bonchev–Trinajstić information content (AvgIpc) is 2.78. The van der Waals surface area contributed by atoms with Crippen molar-refractivity contribution in [3.05, 3.63) is 70.7 Å². The van der Waals surface area contributed by atoms with Crippen LogP contribution in [0, 0.1) is 0 Å². The first-order valence-corrected chi connectivity index (χ1v) is 13.3. The normalized spacial score (nSPS) is 16.5. The summed E-state index contributed by atoms with van der Waals surface area (Å²) in [7, 11) is -3.42. The van der Waals surface area contributed by atoms with Gasteiger partial charge in [-0.15, -0.1) is 0 Å². The van der Waals surface area contributed by atoms with Crippen LogP contribution >= 0.6 is 11.6 Å². The van der Waals surface area contributed by atoms with Crippen molar-refractivity contribution in [1.29, 1.82) is 0 Å². The van der Waals surface area contributed by atoms with Crippen LogP contribution in [0.15, 0.2) is 54.6 Å². The lowest BCUT2D eigenvalue weighted by Crippen LogP contribution is -2.56. The number of rotatable bonds is 9. The Morgan fingerprint density at radius 1 is 1.00 bits per heavy atom. The highest BCUT2D eigenvalue weighted by Gasteiger charge is 2.35. The molecule has 1 saturated carbocycles. The number of amides is 2. The van der Waals surface area contributed by atoms with Crippen molar-refractivity contribution in [2.45, 2.75) is 50.1 Å². The highest BCUT2D eigenvalue weighted by atomic mass is 35.5. The molecule has 3 rings (SSSR count). The first kappa shape index (κ1) is 25.2. The van der Waals surface area contributed by atoms with Crippen LogP contribution in [0.2, 0.25) is 5.02 Å². The van der Waals surface area contributed by atoms with E-state index in [-0.39, 0.29) is 24.8 Å². The molecule has 0 saturated heterocycles. The Hall–Kier alpha value is -2.42. The lowest BCUT2D eigenvalue weighted by molar-refractivity contribution is -0.121. The molecule has 0 bridgehead atoms. The third-order valence-electron chi connectivity index (χ3n) is 5.85. The lowest BCUT2D eigenvalue weighted by Gasteiger charge is -2.37. The minimum atomic E-state index is -3.42. The van der Waals surface area contributed by atoms with Crippen LogP contribution in [0.4, 0.5) is 0 Å². The molecule has 0 spiro atoms. The first-order valence-electron chi connectivity index (χ1n) is 11.0. The van der Waals surface area contributed by atoms with Crippen LogP contribution < -0.4 is 15.4 Å². The van der Waals surface area contributed by atoms with Gasteiger partial charge in [-0.1, -0.05) is 73.3 Å². The molecule has 1 fully saturated rings. The summed E-state index contributed by atoms with van der Waals surface area (Å²) in [5.74, 6) is -0.645. The van der Waals surface area contributed by atoms with Crippen molar-refractivity contribution < 1.29 is 18.0 Å². The molecule has 33 heavy (non-hydrogen) atoms. The Bertz CT molecular complexity index is 1070. The molecule has 1 aliphatic carbocycles. The number of hydrogen-bond acceptors (Lipinski definition) is 4. The molecule has 0 radical (unpaired) electrons. The van der Waals surface area contributed by atoms with E-state index in [1.165, 1.54) is 0 Å².